The minimum Gasteiger partial charge on any atom is -0.331 e. The fourth-order valence-electron chi connectivity index (χ4n) is 3.55. The van der Waals surface area contributed by atoms with E-state index < -0.39 is 9.84 Å². The van der Waals surface area contributed by atoms with Crippen molar-refractivity contribution in [1.29, 1.82) is 0 Å². The largest absolute Gasteiger partial charge is 0.331 e. The molecule has 5 heteroatoms. The van der Waals surface area contributed by atoms with Crippen LogP contribution in [0, 0.1) is 6.92 Å². The van der Waals surface area contributed by atoms with Crippen LogP contribution in [0.1, 0.15) is 48.4 Å². The molecule has 1 atom stereocenters. The molecule has 0 spiro atoms. The zero-order valence-corrected chi connectivity index (χ0v) is 18.2. The van der Waals surface area contributed by atoms with Gasteiger partial charge in [-0.15, -0.1) is 0 Å². The Morgan fingerprint density at radius 1 is 1.10 bits per heavy atom. The maximum absolute atomic E-state index is 13.0. The lowest BCUT2D eigenvalue weighted by Gasteiger charge is -2.27. The standard InChI is InChI=1S/C24H29NO3S/c1-18(2)22-11-8-21(9-12-22)16-25(23-14-15-29(27,28)17-23)24(26)13-10-20-6-4-19(3)5-7-20/h4-13,18,23H,14-17H2,1-3H3/b13-10+/t23-/m1/s1. The summed E-state index contributed by atoms with van der Waals surface area (Å²) in [5, 5.41) is 0. The lowest BCUT2D eigenvalue weighted by atomic mass is 10.0. The van der Waals surface area contributed by atoms with E-state index in [-0.39, 0.29) is 23.5 Å². The second-order valence-electron chi connectivity index (χ2n) is 8.16. The Balaban J connectivity index is 1.80. The molecule has 1 aliphatic heterocycles. The van der Waals surface area contributed by atoms with E-state index >= 15 is 0 Å². The maximum Gasteiger partial charge on any atom is 0.247 e. The number of carbonyl (C=O) groups excluding carboxylic acids is 1. The molecule has 0 N–H and O–H groups in total. The molecule has 154 valence electrons. The van der Waals surface area contributed by atoms with Gasteiger partial charge in [-0.05, 0) is 42.0 Å². The molecule has 1 amide bonds. The minimum atomic E-state index is -3.07. The van der Waals surface area contributed by atoms with Crippen LogP contribution >= 0.6 is 0 Å². The Hall–Kier alpha value is -2.40. The van der Waals surface area contributed by atoms with E-state index in [1.54, 1.807) is 17.1 Å². The monoisotopic (exact) mass is 411 g/mol. The molecule has 0 saturated carbocycles. The van der Waals surface area contributed by atoms with Gasteiger partial charge in [-0.1, -0.05) is 67.9 Å². The summed E-state index contributed by atoms with van der Waals surface area (Å²) in [6.07, 6.45) is 3.84. The van der Waals surface area contributed by atoms with Crippen molar-refractivity contribution in [3.63, 3.8) is 0 Å². The van der Waals surface area contributed by atoms with Crippen molar-refractivity contribution in [2.75, 3.05) is 11.5 Å². The van der Waals surface area contributed by atoms with Crippen molar-refractivity contribution >= 4 is 21.8 Å². The van der Waals surface area contributed by atoms with Crippen molar-refractivity contribution in [2.45, 2.75) is 45.7 Å². The predicted molar refractivity (Wildman–Crippen MR) is 118 cm³/mol. The SMILES string of the molecule is Cc1ccc(/C=C/C(=O)N(Cc2ccc(C(C)C)cc2)[C@@H]2CCS(=O)(=O)C2)cc1. The number of hydrogen-bond donors (Lipinski definition) is 0. The van der Waals surface area contributed by atoms with E-state index in [0.29, 0.717) is 18.9 Å². The van der Waals surface area contributed by atoms with Gasteiger partial charge in [0.2, 0.25) is 5.91 Å². The van der Waals surface area contributed by atoms with Gasteiger partial charge in [0.1, 0.15) is 0 Å². The quantitative estimate of drug-likeness (QED) is 0.664. The third-order valence-electron chi connectivity index (χ3n) is 5.43. The van der Waals surface area contributed by atoms with E-state index in [4.69, 9.17) is 0 Å². The summed E-state index contributed by atoms with van der Waals surface area (Å²) in [4.78, 5) is 14.7. The molecule has 4 nitrogen and oxygen atoms in total. The Kier molecular flexibility index (Phi) is 6.58. The summed E-state index contributed by atoms with van der Waals surface area (Å²) < 4.78 is 24.0. The Morgan fingerprint density at radius 3 is 2.31 bits per heavy atom. The molecule has 0 unspecified atom stereocenters. The topological polar surface area (TPSA) is 54.5 Å². The number of benzene rings is 2. The summed E-state index contributed by atoms with van der Waals surface area (Å²) >= 11 is 0. The fourth-order valence-corrected chi connectivity index (χ4v) is 5.28. The molecule has 0 radical (unpaired) electrons. The highest BCUT2D eigenvalue weighted by atomic mass is 32.2. The molecule has 2 aromatic carbocycles. The molecule has 1 heterocycles. The van der Waals surface area contributed by atoms with E-state index in [0.717, 1.165) is 16.7 Å². The lowest BCUT2D eigenvalue weighted by molar-refractivity contribution is -0.128. The Morgan fingerprint density at radius 2 is 1.76 bits per heavy atom. The van der Waals surface area contributed by atoms with Crippen molar-refractivity contribution in [3.8, 4) is 0 Å². The highest BCUT2D eigenvalue weighted by Crippen LogP contribution is 2.22. The van der Waals surface area contributed by atoms with Gasteiger partial charge in [0.25, 0.3) is 0 Å². The summed E-state index contributed by atoms with van der Waals surface area (Å²) in [6.45, 7) is 6.72. The number of nitrogens with zero attached hydrogens (tertiary/aromatic N) is 1. The van der Waals surface area contributed by atoms with Crippen molar-refractivity contribution in [2.24, 2.45) is 0 Å². The first-order valence-corrected chi connectivity index (χ1v) is 11.9. The summed E-state index contributed by atoms with van der Waals surface area (Å²) in [7, 11) is -3.07. The van der Waals surface area contributed by atoms with Crippen LogP contribution in [0.3, 0.4) is 0 Å². The number of carbonyl (C=O) groups is 1. The minimum absolute atomic E-state index is 0.0428. The van der Waals surface area contributed by atoms with Gasteiger partial charge in [-0.2, -0.15) is 0 Å². The van der Waals surface area contributed by atoms with Gasteiger partial charge < -0.3 is 4.90 Å². The van der Waals surface area contributed by atoms with E-state index in [9.17, 15) is 13.2 Å². The van der Waals surface area contributed by atoms with Crippen LogP contribution in [0.15, 0.2) is 54.6 Å². The molecule has 29 heavy (non-hydrogen) atoms. The summed E-state index contributed by atoms with van der Waals surface area (Å²) in [5.41, 5.74) is 4.37. The predicted octanol–water partition coefficient (Wildman–Crippen LogP) is 4.35. The van der Waals surface area contributed by atoms with E-state index in [1.807, 2.05) is 43.3 Å². The molecule has 1 saturated heterocycles. The van der Waals surface area contributed by atoms with Crippen LogP contribution < -0.4 is 0 Å². The molecule has 3 rings (SSSR count). The third kappa shape index (κ3) is 5.80. The van der Waals surface area contributed by atoms with Crippen molar-refractivity contribution in [1.82, 2.24) is 4.90 Å². The van der Waals surface area contributed by atoms with Crippen LogP contribution in [-0.4, -0.2) is 36.8 Å². The van der Waals surface area contributed by atoms with Gasteiger partial charge in [0.15, 0.2) is 9.84 Å². The summed E-state index contributed by atoms with van der Waals surface area (Å²) in [5.74, 6) is 0.483. The first-order chi connectivity index (χ1) is 13.7. The smallest absolute Gasteiger partial charge is 0.247 e. The van der Waals surface area contributed by atoms with Crippen molar-refractivity contribution < 1.29 is 13.2 Å². The Bertz CT molecular complexity index is 974. The molecule has 1 fully saturated rings. The molecular weight excluding hydrogens is 382 g/mol. The third-order valence-corrected chi connectivity index (χ3v) is 7.18. The molecule has 1 aliphatic rings. The molecule has 2 aromatic rings. The number of rotatable bonds is 6. The van der Waals surface area contributed by atoms with Crippen LogP contribution in [0.5, 0.6) is 0 Å². The van der Waals surface area contributed by atoms with Crippen LogP contribution in [0.4, 0.5) is 0 Å². The molecule has 0 aromatic heterocycles. The zero-order valence-electron chi connectivity index (χ0n) is 17.3. The fraction of sp³-hybridized carbons (Fsp3) is 0.375. The normalized spacial score (nSPS) is 18.4. The second kappa shape index (κ2) is 8.95. The first-order valence-electron chi connectivity index (χ1n) is 10.1. The second-order valence-corrected chi connectivity index (χ2v) is 10.4. The van der Waals surface area contributed by atoms with E-state index in [2.05, 4.69) is 26.0 Å². The van der Waals surface area contributed by atoms with Gasteiger partial charge in [-0.25, -0.2) is 8.42 Å². The average Bonchev–Trinajstić information content (AvgIpc) is 3.05. The van der Waals surface area contributed by atoms with Gasteiger partial charge >= 0.3 is 0 Å². The molecule has 0 aliphatic carbocycles. The highest BCUT2D eigenvalue weighted by Gasteiger charge is 2.34. The Labute approximate surface area is 174 Å². The van der Waals surface area contributed by atoms with Gasteiger partial charge in [0.05, 0.1) is 11.5 Å². The summed E-state index contributed by atoms with van der Waals surface area (Å²) in [6, 6.07) is 15.9. The average molecular weight is 412 g/mol. The first kappa shape index (κ1) is 21.3. The van der Waals surface area contributed by atoms with Crippen molar-refractivity contribution in [3.05, 3.63) is 76.9 Å². The van der Waals surface area contributed by atoms with Crippen LogP contribution in [0.25, 0.3) is 6.08 Å². The molecule has 0 bridgehead atoms. The zero-order chi connectivity index (χ0) is 21.0. The number of aryl methyl sites for hydroxylation is 1. The number of amides is 1. The number of hydrogen-bond acceptors (Lipinski definition) is 3. The lowest BCUT2D eigenvalue weighted by Crippen LogP contribution is -2.39. The number of sulfone groups is 1. The van der Waals surface area contributed by atoms with Crippen LogP contribution in [0.2, 0.25) is 0 Å². The van der Waals surface area contributed by atoms with Crippen LogP contribution in [-0.2, 0) is 21.2 Å². The van der Waals surface area contributed by atoms with Gasteiger partial charge in [0, 0.05) is 18.7 Å². The van der Waals surface area contributed by atoms with Gasteiger partial charge in [-0.3, -0.25) is 4.79 Å². The van der Waals surface area contributed by atoms with E-state index in [1.165, 1.54) is 5.56 Å². The molecular formula is C24H29NO3S. The maximum atomic E-state index is 13.0. The highest BCUT2D eigenvalue weighted by molar-refractivity contribution is 7.91.